The molecule has 1 aromatic heterocycles. The largest absolute Gasteiger partial charge is 0.444 e. The number of hydrogen-bond donors (Lipinski definition) is 5. The van der Waals surface area contributed by atoms with Crippen LogP contribution in [0.15, 0.2) is 38.5 Å². The van der Waals surface area contributed by atoms with Gasteiger partial charge in [0.2, 0.25) is 11.8 Å². The normalized spacial score (nSPS) is 12.9. The SMILES string of the molecule is Cc1cc(=O)oc2cc(NC(=O)[C@@H](CCCN=C(N)N)NC(=O)[C@H](NC(=O)OC(C)(C)C)C(C)C)ccc12. The molecule has 2 rings (SSSR count). The monoisotopic (exact) mass is 530 g/mol. The van der Waals surface area contributed by atoms with E-state index in [4.69, 9.17) is 20.6 Å². The third kappa shape index (κ3) is 9.41. The first-order valence-electron chi connectivity index (χ1n) is 12.4. The minimum Gasteiger partial charge on any atom is -0.444 e. The van der Waals surface area contributed by atoms with Crippen LogP contribution in [0.2, 0.25) is 0 Å². The lowest BCUT2D eigenvalue weighted by Gasteiger charge is -2.27. The van der Waals surface area contributed by atoms with E-state index in [0.717, 1.165) is 10.9 Å². The molecule has 2 aromatic rings. The maximum atomic E-state index is 13.2. The van der Waals surface area contributed by atoms with Crippen molar-refractivity contribution in [3.63, 3.8) is 0 Å². The number of nitrogens with zero attached hydrogens (tertiary/aromatic N) is 1. The van der Waals surface area contributed by atoms with Crippen LogP contribution in [0.25, 0.3) is 11.0 Å². The summed E-state index contributed by atoms with van der Waals surface area (Å²) in [7, 11) is 0. The minimum atomic E-state index is -0.974. The molecule has 0 saturated heterocycles. The number of alkyl carbamates (subject to hydrolysis) is 1. The Balaban J connectivity index is 2.22. The molecule has 12 nitrogen and oxygen atoms in total. The first-order valence-corrected chi connectivity index (χ1v) is 12.4. The molecule has 1 heterocycles. The number of aryl methyl sites for hydroxylation is 1. The van der Waals surface area contributed by atoms with Crippen LogP contribution in [-0.4, -0.2) is 48.1 Å². The average molecular weight is 531 g/mol. The van der Waals surface area contributed by atoms with E-state index in [0.29, 0.717) is 17.7 Å². The van der Waals surface area contributed by atoms with Gasteiger partial charge in [0.05, 0.1) is 0 Å². The molecular formula is C26H38N6O6. The van der Waals surface area contributed by atoms with E-state index in [1.54, 1.807) is 59.7 Å². The molecular weight excluding hydrogens is 492 g/mol. The van der Waals surface area contributed by atoms with Crippen molar-refractivity contribution in [3.8, 4) is 0 Å². The van der Waals surface area contributed by atoms with E-state index in [1.165, 1.54) is 6.07 Å². The second-order valence-electron chi connectivity index (χ2n) is 10.3. The van der Waals surface area contributed by atoms with Crippen LogP contribution in [0.5, 0.6) is 0 Å². The first kappa shape index (κ1) is 30.1. The lowest BCUT2D eigenvalue weighted by Crippen LogP contribution is -2.55. The van der Waals surface area contributed by atoms with Crippen molar-refractivity contribution in [1.82, 2.24) is 10.6 Å². The summed E-state index contributed by atoms with van der Waals surface area (Å²) < 4.78 is 10.5. The van der Waals surface area contributed by atoms with Gasteiger partial charge < -0.3 is 36.6 Å². The van der Waals surface area contributed by atoms with Gasteiger partial charge in [-0.2, -0.15) is 0 Å². The predicted molar refractivity (Wildman–Crippen MR) is 146 cm³/mol. The number of carbonyl (C=O) groups is 3. The minimum absolute atomic E-state index is 0.0792. The number of guanidine groups is 1. The summed E-state index contributed by atoms with van der Waals surface area (Å²) in [5.41, 5.74) is 11.0. The van der Waals surface area contributed by atoms with Crippen molar-refractivity contribution >= 4 is 40.5 Å². The molecule has 0 aliphatic carbocycles. The first-order chi connectivity index (χ1) is 17.7. The van der Waals surface area contributed by atoms with Crippen LogP contribution in [0.1, 0.15) is 53.0 Å². The highest BCUT2D eigenvalue weighted by molar-refractivity contribution is 5.99. The van der Waals surface area contributed by atoms with E-state index in [1.807, 2.05) is 0 Å². The molecule has 12 heteroatoms. The Morgan fingerprint density at radius 3 is 2.37 bits per heavy atom. The highest BCUT2D eigenvalue weighted by Gasteiger charge is 2.30. The highest BCUT2D eigenvalue weighted by atomic mass is 16.6. The Kier molecular flexibility index (Phi) is 10.3. The van der Waals surface area contributed by atoms with Gasteiger partial charge in [-0.05, 0) is 64.2 Å². The van der Waals surface area contributed by atoms with Crippen LogP contribution in [-0.2, 0) is 14.3 Å². The molecule has 0 spiro atoms. The van der Waals surface area contributed by atoms with E-state index >= 15 is 0 Å². The van der Waals surface area contributed by atoms with Crippen LogP contribution < -0.4 is 33.0 Å². The molecule has 0 bridgehead atoms. The maximum absolute atomic E-state index is 13.2. The second-order valence-corrected chi connectivity index (χ2v) is 10.3. The van der Waals surface area contributed by atoms with Crippen LogP contribution in [0.3, 0.4) is 0 Å². The summed E-state index contributed by atoms with van der Waals surface area (Å²) in [5.74, 6) is -1.42. The summed E-state index contributed by atoms with van der Waals surface area (Å²) in [4.78, 5) is 54.4. The zero-order valence-corrected chi connectivity index (χ0v) is 22.7. The van der Waals surface area contributed by atoms with Crippen LogP contribution in [0, 0.1) is 12.8 Å². The smallest absolute Gasteiger partial charge is 0.408 e. The fourth-order valence-corrected chi connectivity index (χ4v) is 3.64. The standard InChI is InChI=1S/C26H38N6O6/c1-14(2)21(32-25(36)38-26(4,5)6)23(35)31-18(8-7-11-29-24(27)28)22(34)30-16-9-10-17-15(3)12-20(33)37-19(17)13-16/h9-10,12-14,18,21H,7-8,11H2,1-6H3,(H,30,34)(H,31,35)(H,32,36)(H4,27,28,29)/t18-,21-/m1/s1. The van der Waals surface area contributed by atoms with Gasteiger partial charge >= 0.3 is 11.7 Å². The summed E-state index contributed by atoms with van der Waals surface area (Å²) in [6.07, 6.45) is -0.130. The number of rotatable bonds is 10. The van der Waals surface area contributed by atoms with Crippen molar-refractivity contribution in [1.29, 1.82) is 0 Å². The Labute approximate surface area is 221 Å². The quantitative estimate of drug-likeness (QED) is 0.133. The van der Waals surface area contributed by atoms with Crippen molar-refractivity contribution in [2.24, 2.45) is 22.4 Å². The molecule has 7 N–H and O–H groups in total. The van der Waals surface area contributed by atoms with Crippen molar-refractivity contribution in [2.75, 3.05) is 11.9 Å². The molecule has 0 radical (unpaired) electrons. The average Bonchev–Trinajstić information content (AvgIpc) is 2.77. The molecule has 0 unspecified atom stereocenters. The summed E-state index contributed by atoms with van der Waals surface area (Å²) >= 11 is 0. The van der Waals surface area contributed by atoms with E-state index in [-0.39, 0.29) is 24.8 Å². The fourth-order valence-electron chi connectivity index (χ4n) is 3.64. The Bertz CT molecular complexity index is 1240. The molecule has 2 atom stereocenters. The molecule has 0 aliphatic heterocycles. The third-order valence-corrected chi connectivity index (χ3v) is 5.42. The van der Waals surface area contributed by atoms with Crippen molar-refractivity contribution in [2.45, 2.75) is 72.1 Å². The maximum Gasteiger partial charge on any atom is 0.408 e. The van der Waals surface area contributed by atoms with Gasteiger partial charge in [-0.3, -0.25) is 14.6 Å². The number of anilines is 1. The van der Waals surface area contributed by atoms with Gasteiger partial charge in [0, 0.05) is 29.8 Å². The van der Waals surface area contributed by atoms with E-state index in [2.05, 4.69) is 20.9 Å². The molecule has 1 aromatic carbocycles. The van der Waals surface area contributed by atoms with Gasteiger partial charge in [-0.25, -0.2) is 9.59 Å². The van der Waals surface area contributed by atoms with Crippen molar-refractivity contribution < 1.29 is 23.5 Å². The third-order valence-electron chi connectivity index (χ3n) is 5.42. The molecule has 0 saturated carbocycles. The Morgan fingerprint density at radius 1 is 1.08 bits per heavy atom. The summed E-state index contributed by atoms with van der Waals surface area (Å²) in [6, 6.07) is 4.41. The van der Waals surface area contributed by atoms with Gasteiger partial charge in [0.1, 0.15) is 23.3 Å². The van der Waals surface area contributed by atoms with Crippen LogP contribution in [0.4, 0.5) is 10.5 Å². The predicted octanol–water partition coefficient (Wildman–Crippen LogP) is 2.13. The van der Waals surface area contributed by atoms with E-state index < -0.39 is 41.2 Å². The van der Waals surface area contributed by atoms with Gasteiger partial charge in [0.25, 0.3) is 0 Å². The Morgan fingerprint density at radius 2 is 1.76 bits per heavy atom. The fraction of sp³-hybridized carbons (Fsp3) is 0.500. The number of carbonyl (C=O) groups excluding carboxylic acids is 3. The second kappa shape index (κ2) is 12.9. The number of hydrogen-bond acceptors (Lipinski definition) is 7. The van der Waals surface area contributed by atoms with Gasteiger partial charge in [-0.15, -0.1) is 0 Å². The number of benzene rings is 1. The van der Waals surface area contributed by atoms with Crippen molar-refractivity contribution in [3.05, 3.63) is 40.2 Å². The summed E-state index contributed by atoms with van der Waals surface area (Å²) in [6.45, 7) is 10.7. The lowest BCUT2D eigenvalue weighted by molar-refractivity contribution is -0.128. The number of nitrogens with one attached hydrogen (secondary N) is 3. The molecule has 38 heavy (non-hydrogen) atoms. The molecule has 208 valence electrons. The summed E-state index contributed by atoms with van der Waals surface area (Å²) in [5, 5.41) is 8.79. The molecule has 0 fully saturated rings. The Hall–Kier alpha value is -4.09. The number of nitrogens with two attached hydrogens (primary N) is 2. The molecule has 3 amide bonds. The number of aliphatic imine (C=N–C) groups is 1. The number of fused-ring (bicyclic) bond motifs is 1. The zero-order valence-electron chi connectivity index (χ0n) is 22.7. The zero-order chi connectivity index (χ0) is 28.6. The molecule has 0 aliphatic rings. The topological polar surface area (TPSA) is 191 Å². The van der Waals surface area contributed by atoms with E-state index in [9.17, 15) is 19.2 Å². The van der Waals surface area contributed by atoms with Gasteiger partial charge in [-0.1, -0.05) is 13.8 Å². The van der Waals surface area contributed by atoms with Crippen LogP contribution >= 0.6 is 0 Å². The highest BCUT2D eigenvalue weighted by Crippen LogP contribution is 2.21. The van der Waals surface area contributed by atoms with Gasteiger partial charge in [0.15, 0.2) is 5.96 Å². The number of amides is 3. The lowest BCUT2D eigenvalue weighted by atomic mass is 10.0. The number of ether oxygens (including phenoxy) is 1.